The number of thiophene rings is 1. The third-order valence-electron chi connectivity index (χ3n) is 4.20. The average Bonchev–Trinajstić information content (AvgIpc) is 3.36. The Labute approximate surface area is 152 Å². The summed E-state index contributed by atoms with van der Waals surface area (Å²) in [6.07, 6.45) is 1.11. The largest absolute Gasteiger partial charge is 0.419 e. The third kappa shape index (κ3) is 2.93. The first-order valence-corrected chi connectivity index (χ1v) is 10.2. The van der Waals surface area contributed by atoms with Crippen molar-refractivity contribution >= 4 is 21.4 Å². The van der Waals surface area contributed by atoms with Crippen LogP contribution in [0.15, 0.2) is 44.3 Å². The van der Waals surface area contributed by atoms with Gasteiger partial charge in [-0.3, -0.25) is 0 Å². The molecule has 3 heterocycles. The van der Waals surface area contributed by atoms with Crippen LogP contribution in [-0.4, -0.2) is 29.5 Å². The third-order valence-corrected chi connectivity index (χ3v) is 6.78. The van der Waals surface area contributed by atoms with E-state index in [1.807, 2.05) is 16.8 Å². The van der Waals surface area contributed by atoms with E-state index in [1.54, 1.807) is 0 Å². The minimum absolute atomic E-state index is 0.190. The van der Waals surface area contributed by atoms with Gasteiger partial charge in [0.2, 0.25) is 21.8 Å². The second-order valence-electron chi connectivity index (χ2n) is 5.81. The number of nitrogens with zero attached hydrogens (tertiary/aromatic N) is 3. The molecule has 6 nitrogen and oxygen atoms in total. The second kappa shape index (κ2) is 6.53. The fourth-order valence-electron chi connectivity index (χ4n) is 2.92. The Morgan fingerprint density at radius 1 is 1.19 bits per heavy atom. The van der Waals surface area contributed by atoms with E-state index in [9.17, 15) is 17.2 Å². The summed E-state index contributed by atoms with van der Waals surface area (Å²) in [6.45, 7) is 0.238. The number of hydrogen-bond acceptors (Lipinski definition) is 6. The van der Waals surface area contributed by atoms with Gasteiger partial charge in [-0.05, 0) is 42.5 Å². The molecule has 1 aliphatic rings. The summed E-state index contributed by atoms with van der Waals surface area (Å²) < 4.78 is 59.2. The fourth-order valence-corrected chi connectivity index (χ4v) is 5.21. The molecule has 0 radical (unpaired) electrons. The molecule has 0 aliphatic carbocycles. The fraction of sp³-hybridized carbons (Fsp3) is 0.250. The first kappa shape index (κ1) is 17.3. The van der Waals surface area contributed by atoms with Crippen LogP contribution in [0, 0.1) is 11.6 Å². The topological polar surface area (TPSA) is 76.3 Å². The summed E-state index contributed by atoms with van der Waals surface area (Å²) in [5.74, 6) is -1.80. The van der Waals surface area contributed by atoms with Crippen LogP contribution in [0.4, 0.5) is 8.78 Å². The first-order chi connectivity index (χ1) is 12.5. The van der Waals surface area contributed by atoms with Crippen LogP contribution in [0.5, 0.6) is 0 Å². The Hall–Kier alpha value is -2.17. The summed E-state index contributed by atoms with van der Waals surface area (Å²) in [5, 5.41) is 11.7. The van der Waals surface area contributed by atoms with Crippen molar-refractivity contribution in [1.82, 2.24) is 14.5 Å². The van der Waals surface area contributed by atoms with Crippen molar-refractivity contribution in [3.05, 3.63) is 52.6 Å². The zero-order valence-electron chi connectivity index (χ0n) is 13.3. The minimum Gasteiger partial charge on any atom is -0.419 e. The van der Waals surface area contributed by atoms with Gasteiger partial charge in [-0.25, -0.2) is 17.2 Å². The Morgan fingerprint density at radius 2 is 2.04 bits per heavy atom. The molecule has 1 fully saturated rings. The van der Waals surface area contributed by atoms with Crippen LogP contribution in [0.3, 0.4) is 0 Å². The molecule has 1 atom stereocenters. The average molecular weight is 397 g/mol. The molecule has 0 N–H and O–H groups in total. The zero-order valence-corrected chi connectivity index (χ0v) is 14.9. The van der Waals surface area contributed by atoms with E-state index in [0.29, 0.717) is 24.8 Å². The quantitative estimate of drug-likeness (QED) is 0.672. The lowest BCUT2D eigenvalue weighted by molar-refractivity contribution is 0.332. The standard InChI is InChI=1S/C16H13F2N3O3S2/c17-12-4-3-11(8-13(12)18)26(22,23)21-6-1-2-14(21)16-20-19-15(24-16)10-5-7-25-9-10/h3-5,7-9,14H,1-2,6H2. The summed E-state index contributed by atoms with van der Waals surface area (Å²) >= 11 is 1.48. The second-order valence-corrected chi connectivity index (χ2v) is 8.48. The molecule has 10 heteroatoms. The highest BCUT2D eigenvalue weighted by Gasteiger charge is 2.39. The summed E-state index contributed by atoms with van der Waals surface area (Å²) in [4.78, 5) is -0.305. The highest BCUT2D eigenvalue weighted by molar-refractivity contribution is 7.89. The predicted octanol–water partition coefficient (Wildman–Crippen LogP) is 3.60. The van der Waals surface area contributed by atoms with Gasteiger partial charge in [0.25, 0.3) is 0 Å². The molecule has 2 aromatic heterocycles. The molecule has 0 bridgehead atoms. The van der Waals surface area contributed by atoms with Gasteiger partial charge in [-0.2, -0.15) is 15.6 Å². The molecule has 1 saturated heterocycles. The Kier molecular flexibility index (Phi) is 4.33. The smallest absolute Gasteiger partial charge is 0.248 e. The number of benzene rings is 1. The zero-order chi connectivity index (χ0) is 18.3. The minimum atomic E-state index is -4.02. The van der Waals surface area contributed by atoms with Crippen molar-refractivity contribution in [3.8, 4) is 11.5 Å². The molecular weight excluding hydrogens is 384 g/mol. The van der Waals surface area contributed by atoms with E-state index in [2.05, 4.69) is 10.2 Å². The van der Waals surface area contributed by atoms with Crippen molar-refractivity contribution in [3.63, 3.8) is 0 Å². The van der Waals surface area contributed by atoms with Crippen molar-refractivity contribution in [2.75, 3.05) is 6.54 Å². The normalized spacial score (nSPS) is 18.5. The number of halogens is 2. The van der Waals surface area contributed by atoms with Gasteiger partial charge in [0.1, 0.15) is 6.04 Å². The maximum absolute atomic E-state index is 13.5. The van der Waals surface area contributed by atoms with Crippen LogP contribution in [-0.2, 0) is 10.0 Å². The van der Waals surface area contributed by atoms with Gasteiger partial charge in [0.15, 0.2) is 11.6 Å². The Morgan fingerprint density at radius 3 is 2.77 bits per heavy atom. The Bertz CT molecular complexity index is 1030. The number of rotatable bonds is 4. The maximum Gasteiger partial charge on any atom is 0.248 e. The first-order valence-electron chi connectivity index (χ1n) is 7.79. The van der Waals surface area contributed by atoms with Crippen LogP contribution >= 0.6 is 11.3 Å². The lowest BCUT2D eigenvalue weighted by Crippen LogP contribution is -2.31. The molecule has 136 valence electrons. The van der Waals surface area contributed by atoms with Gasteiger partial charge in [-0.15, -0.1) is 10.2 Å². The number of aromatic nitrogens is 2. The monoisotopic (exact) mass is 397 g/mol. The maximum atomic E-state index is 13.5. The van der Waals surface area contributed by atoms with Crippen LogP contribution in [0.25, 0.3) is 11.5 Å². The van der Waals surface area contributed by atoms with E-state index >= 15 is 0 Å². The Balaban J connectivity index is 1.67. The molecule has 1 unspecified atom stereocenters. The molecule has 26 heavy (non-hydrogen) atoms. The van der Waals surface area contributed by atoms with Gasteiger partial charge >= 0.3 is 0 Å². The summed E-state index contributed by atoms with van der Waals surface area (Å²) in [5.41, 5.74) is 0.766. The van der Waals surface area contributed by atoms with Crippen molar-refractivity contribution in [2.45, 2.75) is 23.8 Å². The molecule has 1 aromatic carbocycles. The van der Waals surface area contributed by atoms with Crippen LogP contribution in [0.2, 0.25) is 0 Å². The van der Waals surface area contributed by atoms with Gasteiger partial charge in [-0.1, -0.05) is 0 Å². The SMILES string of the molecule is O=S(=O)(c1ccc(F)c(F)c1)N1CCCC1c1nnc(-c2ccsc2)o1. The lowest BCUT2D eigenvalue weighted by Gasteiger charge is -2.21. The van der Waals surface area contributed by atoms with Crippen LogP contribution in [0.1, 0.15) is 24.8 Å². The number of sulfonamides is 1. The highest BCUT2D eigenvalue weighted by Crippen LogP contribution is 2.37. The van der Waals surface area contributed by atoms with Gasteiger partial charge < -0.3 is 4.42 Å². The van der Waals surface area contributed by atoms with Crippen LogP contribution < -0.4 is 0 Å². The van der Waals surface area contributed by atoms with Gasteiger partial charge in [0.05, 0.1) is 4.90 Å². The molecular formula is C16H13F2N3O3S2. The van der Waals surface area contributed by atoms with Gasteiger partial charge in [0, 0.05) is 17.5 Å². The molecule has 0 saturated carbocycles. The predicted molar refractivity (Wildman–Crippen MR) is 89.8 cm³/mol. The molecule has 0 amide bonds. The lowest BCUT2D eigenvalue weighted by atomic mass is 10.2. The van der Waals surface area contributed by atoms with E-state index < -0.39 is 27.7 Å². The highest BCUT2D eigenvalue weighted by atomic mass is 32.2. The van der Waals surface area contributed by atoms with E-state index in [4.69, 9.17) is 4.42 Å². The van der Waals surface area contributed by atoms with Crippen molar-refractivity contribution in [1.29, 1.82) is 0 Å². The van der Waals surface area contributed by atoms with E-state index in [0.717, 1.165) is 17.7 Å². The summed E-state index contributed by atoms with van der Waals surface area (Å²) in [6, 6.07) is 3.73. The van der Waals surface area contributed by atoms with Crippen molar-refractivity contribution in [2.24, 2.45) is 0 Å². The molecule has 3 aromatic rings. The number of hydrogen-bond donors (Lipinski definition) is 0. The molecule has 1 aliphatic heterocycles. The summed E-state index contributed by atoms with van der Waals surface area (Å²) in [7, 11) is -4.02. The molecule has 0 spiro atoms. The molecule has 4 rings (SSSR count). The van der Waals surface area contributed by atoms with E-state index in [-0.39, 0.29) is 17.3 Å². The van der Waals surface area contributed by atoms with E-state index in [1.165, 1.54) is 15.6 Å². The van der Waals surface area contributed by atoms with Crippen molar-refractivity contribution < 1.29 is 21.6 Å².